The number of para-hydroxylation sites is 1. The van der Waals surface area contributed by atoms with Crippen molar-refractivity contribution < 1.29 is 0 Å². The molecule has 0 radical (unpaired) electrons. The van der Waals surface area contributed by atoms with Gasteiger partial charge in [-0.1, -0.05) is 170 Å². The molecule has 0 unspecified atom stereocenters. The average Bonchev–Trinajstić information content (AvgIpc) is 3.62. The summed E-state index contributed by atoms with van der Waals surface area (Å²) < 4.78 is 0. The van der Waals surface area contributed by atoms with Gasteiger partial charge in [0.25, 0.3) is 0 Å². The molecule has 12 rings (SSSR count). The lowest BCUT2D eigenvalue weighted by atomic mass is 9.66. The Hall–Kier alpha value is -7.07. The number of aromatic nitrogens is 2. The number of nitrogens with zero attached hydrogens (tertiary/aromatic N) is 2. The molecule has 0 amide bonds. The molecule has 1 spiro atoms. The number of rotatable bonds is 5. The smallest absolute Gasteiger partial charge is 0.0780 e. The van der Waals surface area contributed by atoms with Gasteiger partial charge in [0.05, 0.1) is 22.3 Å². The third-order valence-corrected chi connectivity index (χ3v) is 13.8. The Labute approximate surface area is 354 Å². The maximum atomic E-state index is 5.48. The van der Waals surface area contributed by atoms with Crippen LogP contribution in [0.1, 0.15) is 40.8 Å². The number of pyridine rings is 2. The Morgan fingerprint density at radius 2 is 1.05 bits per heavy atom. The van der Waals surface area contributed by atoms with Gasteiger partial charge >= 0.3 is 0 Å². The highest BCUT2D eigenvalue weighted by molar-refractivity contribution is 7.99. The largest absolute Gasteiger partial charge is 0.256 e. The van der Waals surface area contributed by atoms with Crippen LogP contribution in [0.4, 0.5) is 0 Å². The molecule has 0 atom stereocenters. The third-order valence-electron chi connectivity index (χ3n) is 12.7. The second-order valence-corrected chi connectivity index (χ2v) is 17.1. The van der Waals surface area contributed by atoms with Crippen LogP contribution in [-0.4, -0.2) is 9.97 Å². The highest BCUT2D eigenvalue weighted by atomic mass is 32.2. The summed E-state index contributed by atoms with van der Waals surface area (Å²) in [4.78, 5) is 12.9. The van der Waals surface area contributed by atoms with Crippen molar-refractivity contribution in [3.8, 4) is 55.8 Å². The Balaban J connectivity index is 1.08. The van der Waals surface area contributed by atoms with Crippen LogP contribution >= 0.6 is 11.8 Å². The first-order chi connectivity index (χ1) is 29.7. The van der Waals surface area contributed by atoms with E-state index >= 15 is 0 Å². The van der Waals surface area contributed by atoms with Crippen molar-refractivity contribution in [2.24, 2.45) is 0 Å². The molecule has 0 N–H and O–H groups in total. The van der Waals surface area contributed by atoms with Gasteiger partial charge < -0.3 is 0 Å². The van der Waals surface area contributed by atoms with Gasteiger partial charge in [-0.05, 0) is 122 Å². The molecule has 1 aliphatic heterocycles. The van der Waals surface area contributed by atoms with E-state index in [9.17, 15) is 0 Å². The van der Waals surface area contributed by atoms with Gasteiger partial charge in [0.15, 0.2) is 0 Å². The molecule has 2 aromatic heterocycles. The van der Waals surface area contributed by atoms with E-state index in [-0.39, 0.29) is 0 Å². The number of benzene rings is 7. The first kappa shape index (κ1) is 34.9. The van der Waals surface area contributed by atoms with Crippen molar-refractivity contribution in [3.63, 3.8) is 0 Å². The summed E-state index contributed by atoms with van der Waals surface area (Å²) in [5.74, 6) is 0. The second-order valence-electron chi connectivity index (χ2n) is 16.0. The van der Waals surface area contributed by atoms with Crippen molar-refractivity contribution >= 4 is 28.2 Å². The molecule has 0 saturated carbocycles. The Kier molecular flexibility index (Phi) is 8.18. The van der Waals surface area contributed by atoms with Crippen LogP contribution in [-0.2, 0) is 5.41 Å². The van der Waals surface area contributed by atoms with Crippen molar-refractivity contribution in [2.45, 2.75) is 28.0 Å². The molecule has 2 aliphatic carbocycles. The first-order valence-corrected chi connectivity index (χ1v) is 21.6. The monoisotopic (exact) mass is 782 g/mol. The predicted octanol–water partition coefficient (Wildman–Crippen LogP) is 14.9. The lowest BCUT2D eigenvalue weighted by Crippen LogP contribution is -2.32. The minimum absolute atomic E-state index is 0.544. The molecule has 3 aliphatic rings. The predicted molar refractivity (Wildman–Crippen MR) is 249 cm³/mol. The third kappa shape index (κ3) is 5.50. The van der Waals surface area contributed by atoms with E-state index < -0.39 is 5.41 Å². The zero-order valence-electron chi connectivity index (χ0n) is 32.8. The van der Waals surface area contributed by atoms with Crippen LogP contribution in [0.2, 0.25) is 0 Å². The van der Waals surface area contributed by atoms with Crippen molar-refractivity contribution in [3.05, 3.63) is 234 Å². The van der Waals surface area contributed by atoms with E-state index in [0.717, 1.165) is 46.3 Å². The van der Waals surface area contributed by atoms with E-state index in [2.05, 4.69) is 194 Å². The molecule has 9 aromatic rings. The maximum absolute atomic E-state index is 5.48. The highest BCUT2D eigenvalue weighted by Gasteiger charge is 2.50. The minimum Gasteiger partial charge on any atom is -0.256 e. The summed E-state index contributed by atoms with van der Waals surface area (Å²) in [6.45, 7) is 0. The molecule has 282 valence electrons. The van der Waals surface area contributed by atoms with E-state index in [0.29, 0.717) is 0 Å². The summed E-state index contributed by atoms with van der Waals surface area (Å²) in [7, 11) is 0. The molecule has 0 saturated heterocycles. The first-order valence-electron chi connectivity index (χ1n) is 20.8. The maximum Gasteiger partial charge on any atom is 0.0780 e. The number of hydrogen-bond donors (Lipinski definition) is 0. The van der Waals surface area contributed by atoms with Gasteiger partial charge in [-0.3, -0.25) is 4.98 Å². The van der Waals surface area contributed by atoms with Gasteiger partial charge in [0, 0.05) is 32.5 Å². The molecular formula is C57H38N2S. The minimum atomic E-state index is -0.544. The van der Waals surface area contributed by atoms with E-state index in [1.54, 1.807) is 0 Å². The van der Waals surface area contributed by atoms with Crippen LogP contribution in [0.25, 0.3) is 72.2 Å². The zero-order chi connectivity index (χ0) is 39.6. The van der Waals surface area contributed by atoms with E-state index in [1.165, 1.54) is 76.6 Å². The lowest BCUT2D eigenvalue weighted by Gasteiger charge is -2.40. The molecule has 0 fully saturated rings. The van der Waals surface area contributed by atoms with E-state index in [4.69, 9.17) is 9.97 Å². The standard InChI is InChI=1S/C57H38N2S/c1-3-13-37(14-4-1)38-24-26-39(27-25-38)44-35-52(40-15-5-2-6-16-40)59-53(36-44)43-29-31-55-51(34-43)57(48-22-9-7-19-46(48)47-20-8-10-23-49(47)57)50-33-42(28-30-54(50)60-55)45-21-11-17-41-18-12-32-58-56(41)45/h1-5,7-15,17-36H,6,16H2. The van der Waals surface area contributed by atoms with Gasteiger partial charge in [0.2, 0.25) is 0 Å². The second kappa shape index (κ2) is 14.0. The van der Waals surface area contributed by atoms with Crippen LogP contribution in [0.15, 0.2) is 216 Å². The molecule has 60 heavy (non-hydrogen) atoms. The summed E-state index contributed by atoms with van der Waals surface area (Å²) in [6, 6.07) is 67.1. The summed E-state index contributed by atoms with van der Waals surface area (Å²) in [6.07, 6.45) is 10.6. The quantitative estimate of drug-likeness (QED) is 0.174. The van der Waals surface area contributed by atoms with Gasteiger partial charge in [-0.2, -0.15) is 0 Å². The van der Waals surface area contributed by atoms with E-state index in [1.807, 2.05) is 24.0 Å². The molecular weight excluding hydrogens is 745 g/mol. The topological polar surface area (TPSA) is 25.8 Å². The fourth-order valence-electron chi connectivity index (χ4n) is 9.88. The van der Waals surface area contributed by atoms with Crippen LogP contribution in [0.5, 0.6) is 0 Å². The summed E-state index contributed by atoms with van der Waals surface area (Å²) in [5.41, 5.74) is 19.8. The fourth-order valence-corrected chi connectivity index (χ4v) is 11.0. The number of allylic oxidation sites excluding steroid dienone is 4. The zero-order valence-corrected chi connectivity index (χ0v) is 33.7. The van der Waals surface area contributed by atoms with Crippen LogP contribution < -0.4 is 0 Å². The fraction of sp³-hybridized carbons (Fsp3) is 0.0526. The molecule has 0 bridgehead atoms. The molecule has 3 heterocycles. The van der Waals surface area contributed by atoms with Crippen LogP contribution in [0, 0.1) is 0 Å². The average molecular weight is 783 g/mol. The summed E-state index contributed by atoms with van der Waals surface area (Å²) in [5, 5.41) is 1.14. The molecule has 7 aromatic carbocycles. The van der Waals surface area contributed by atoms with Crippen molar-refractivity contribution in [1.82, 2.24) is 9.97 Å². The van der Waals surface area contributed by atoms with Gasteiger partial charge in [-0.15, -0.1) is 0 Å². The number of fused-ring (bicyclic) bond motifs is 10. The van der Waals surface area contributed by atoms with Crippen molar-refractivity contribution in [1.29, 1.82) is 0 Å². The van der Waals surface area contributed by atoms with Gasteiger partial charge in [-0.25, -0.2) is 4.98 Å². The normalized spacial score (nSPS) is 14.3. The van der Waals surface area contributed by atoms with Crippen LogP contribution in [0.3, 0.4) is 0 Å². The highest BCUT2D eigenvalue weighted by Crippen LogP contribution is 2.63. The Morgan fingerprint density at radius 1 is 0.450 bits per heavy atom. The summed E-state index contributed by atoms with van der Waals surface area (Å²) >= 11 is 1.88. The molecule has 3 heteroatoms. The SMILES string of the molecule is C1=CCCC(c2cc(-c3ccc(-c4ccccc4)cc3)cc(-c3ccc4c(c3)C3(c5cc(-c6cccc7cccnc67)ccc5S4)c4ccccc4-c4ccccc43)n2)=C1. The molecule has 2 nitrogen and oxygen atoms in total. The number of hydrogen-bond acceptors (Lipinski definition) is 3. The van der Waals surface area contributed by atoms with Gasteiger partial charge in [0.1, 0.15) is 0 Å². The van der Waals surface area contributed by atoms with Crippen molar-refractivity contribution in [2.75, 3.05) is 0 Å². The lowest BCUT2D eigenvalue weighted by molar-refractivity contribution is 0.723. The Bertz CT molecular complexity index is 3180. The Morgan fingerprint density at radius 3 is 1.78 bits per heavy atom.